The molecule has 0 saturated heterocycles. The van der Waals surface area contributed by atoms with E-state index in [1.54, 1.807) is 4.90 Å². The smallest absolute Gasteiger partial charge is 0.262 e. The highest BCUT2D eigenvalue weighted by molar-refractivity contribution is 9.10. The van der Waals surface area contributed by atoms with Gasteiger partial charge in [0.05, 0.1) is 12.2 Å². The summed E-state index contributed by atoms with van der Waals surface area (Å²) in [4.78, 5) is 15.4. The molecule has 1 atom stereocenters. The van der Waals surface area contributed by atoms with Crippen LogP contribution in [-0.4, -0.2) is 12.5 Å². The molecule has 1 amide bonds. The van der Waals surface area contributed by atoms with Crippen LogP contribution in [0.1, 0.15) is 34.6 Å². The second kappa shape index (κ2) is 7.68. The van der Waals surface area contributed by atoms with Crippen LogP contribution in [0.3, 0.4) is 0 Å². The van der Waals surface area contributed by atoms with Crippen molar-refractivity contribution in [1.29, 1.82) is 0 Å². The molecule has 3 aromatic carbocycles. The first kappa shape index (κ1) is 18.6. The molecule has 28 heavy (non-hydrogen) atoms. The summed E-state index contributed by atoms with van der Waals surface area (Å²) in [5, 5.41) is 3.54. The van der Waals surface area contributed by atoms with E-state index in [9.17, 15) is 4.79 Å². The van der Waals surface area contributed by atoms with Gasteiger partial charge in [-0.15, -0.1) is 0 Å². The number of ether oxygens (including phenoxy) is 1. The molecule has 4 nitrogen and oxygen atoms in total. The Balaban J connectivity index is 1.89. The number of amides is 1. The average Bonchev–Trinajstić information content (AvgIpc) is 2.69. The second-order valence-corrected chi connectivity index (χ2v) is 7.64. The average molecular weight is 437 g/mol. The molecule has 5 heteroatoms. The fraction of sp³-hybridized carbons (Fsp3) is 0.174. The Morgan fingerprint density at radius 3 is 2.68 bits per heavy atom. The summed E-state index contributed by atoms with van der Waals surface area (Å²) in [6, 6.07) is 21.6. The van der Waals surface area contributed by atoms with Gasteiger partial charge in [-0.2, -0.15) is 0 Å². The number of halogens is 1. The van der Waals surface area contributed by atoms with Crippen LogP contribution in [0.25, 0.3) is 0 Å². The van der Waals surface area contributed by atoms with Gasteiger partial charge in [-0.3, -0.25) is 9.69 Å². The van der Waals surface area contributed by atoms with E-state index in [4.69, 9.17) is 4.74 Å². The summed E-state index contributed by atoms with van der Waals surface area (Å²) in [7, 11) is 0. The van der Waals surface area contributed by atoms with E-state index in [0.29, 0.717) is 12.2 Å². The van der Waals surface area contributed by atoms with Crippen molar-refractivity contribution < 1.29 is 9.53 Å². The Labute approximate surface area is 173 Å². The monoisotopic (exact) mass is 436 g/mol. The summed E-state index contributed by atoms with van der Waals surface area (Å²) < 4.78 is 6.73. The van der Waals surface area contributed by atoms with Crippen molar-refractivity contribution in [2.45, 2.75) is 20.0 Å². The number of benzene rings is 3. The fourth-order valence-electron chi connectivity index (χ4n) is 3.53. The van der Waals surface area contributed by atoms with Gasteiger partial charge in [-0.05, 0) is 55.8 Å². The Bertz CT molecular complexity index is 1030. The number of hydrogen-bond acceptors (Lipinski definition) is 3. The molecule has 0 bridgehead atoms. The van der Waals surface area contributed by atoms with Crippen molar-refractivity contribution >= 4 is 33.2 Å². The molecule has 1 aliphatic rings. The van der Waals surface area contributed by atoms with Crippen LogP contribution in [0.2, 0.25) is 0 Å². The summed E-state index contributed by atoms with van der Waals surface area (Å²) in [5.41, 5.74) is 4.32. The van der Waals surface area contributed by atoms with E-state index in [2.05, 4.69) is 21.2 Å². The summed E-state index contributed by atoms with van der Waals surface area (Å²) in [6.07, 6.45) is -0.370. The molecule has 0 radical (unpaired) electrons. The number of carbonyl (C=O) groups excluding carboxylic acids is 1. The zero-order valence-electron chi connectivity index (χ0n) is 15.8. The number of carbonyl (C=O) groups is 1. The largest absolute Gasteiger partial charge is 0.493 e. The van der Waals surface area contributed by atoms with E-state index in [1.807, 2.05) is 80.6 Å². The minimum Gasteiger partial charge on any atom is -0.493 e. The minimum absolute atomic E-state index is 0.0445. The molecule has 0 aromatic heterocycles. The van der Waals surface area contributed by atoms with Crippen molar-refractivity contribution in [1.82, 2.24) is 0 Å². The van der Waals surface area contributed by atoms with Crippen molar-refractivity contribution in [3.63, 3.8) is 0 Å². The molecule has 3 aromatic rings. The van der Waals surface area contributed by atoms with E-state index < -0.39 is 0 Å². The fourth-order valence-corrected chi connectivity index (χ4v) is 3.89. The van der Waals surface area contributed by atoms with Crippen molar-refractivity contribution in [3.05, 3.63) is 87.9 Å². The highest BCUT2D eigenvalue weighted by atomic mass is 79.9. The maximum Gasteiger partial charge on any atom is 0.262 e. The molecule has 4 rings (SSSR count). The zero-order valence-corrected chi connectivity index (χ0v) is 17.4. The molecule has 142 valence electrons. The van der Waals surface area contributed by atoms with Gasteiger partial charge in [0.1, 0.15) is 11.9 Å². The number of para-hydroxylation sites is 1. The van der Waals surface area contributed by atoms with Crippen LogP contribution in [0.4, 0.5) is 11.4 Å². The Morgan fingerprint density at radius 2 is 1.89 bits per heavy atom. The lowest BCUT2D eigenvalue weighted by Crippen LogP contribution is -2.43. The number of rotatable bonds is 4. The standard InChI is InChI=1S/C23H21BrN2O2/c1-3-28-21-10-5-4-9-18(21)22-25-20-12-11-16(24)14-19(20)23(27)26(22)17-8-6-7-15(2)13-17/h4-14,22,25H,3H2,1-2H3/t22-/m1/s1. The van der Waals surface area contributed by atoms with E-state index >= 15 is 0 Å². The molecule has 1 aliphatic heterocycles. The number of anilines is 2. The van der Waals surface area contributed by atoms with Gasteiger partial charge in [0.25, 0.3) is 5.91 Å². The first-order valence-corrected chi connectivity index (χ1v) is 10.1. The lowest BCUT2D eigenvalue weighted by Gasteiger charge is -2.38. The molecule has 0 aliphatic carbocycles. The van der Waals surface area contributed by atoms with Crippen LogP contribution in [0, 0.1) is 6.92 Å². The zero-order chi connectivity index (χ0) is 19.7. The SMILES string of the molecule is CCOc1ccccc1[C@@H]1Nc2ccc(Br)cc2C(=O)N1c1cccc(C)c1. The molecule has 0 fully saturated rings. The quantitative estimate of drug-likeness (QED) is 0.550. The molecule has 1 N–H and O–H groups in total. The molecule has 0 spiro atoms. The van der Waals surface area contributed by atoms with Gasteiger partial charge in [0, 0.05) is 21.4 Å². The first-order valence-electron chi connectivity index (χ1n) is 9.26. The summed E-state index contributed by atoms with van der Waals surface area (Å²) in [6.45, 7) is 4.55. The summed E-state index contributed by atoms with van der Waals surface area (Å²) in [5.74, 6) is 0.727. The van der Waals surface area contributed by atoms with Gasteiger partial charge < -0.3 is 10.1 Å². The highest BCUT2D eigenvalue weighted by Crippen LogP contribution is 2.40. The normalized spacial score (nSPS) is 15.8. The molecule has 1 heterocycles. The Morgan fingerprint density at radius 1 is 1.07 bits per heavy atom. The lowest BCUT2D eigenvalue weighted by molar-refractivity contribution is 0.0974. The third kappa shape index (κ3) is 3.38. The maximum atomic E-state index is 13.6. The van der Waals surface area contributed by atoms with Crippen LogP contribution >= 0.6 is 15.9 Å². The molecular formula is C23H21BrN2O2. The van der Waals surface area contributed by atoms with Crippen LogP contribution in [0.5, 0.6) is 5.75 Å². The first-order chi connectivity index (χ1) is 13.6. The third-order valence-electron chi connectivity index (χ3n) is 4.77. The second-order valence-electron chi connectivity index (χ2n) is 6.72. The van der Waals surface area contributed by atoms with Crippen molar-refractivity contribution in [2.24, 2.45) is 0 Å². The van der Waals surface area contributed by atoms with Crippen LogP contribution < -0.4 is 15.0 Å². The highest BCUT2D eigenvalue weighted by Gasteiger charge is 2.35. The maximum absolute atomic E-state index is 13.6. The Kier molecular flexibility index (Phi) is 5.09. The van der Waals surface area contributed by atoms with Gasteiger partial charge in [-0.25, -0.2) is 0 Å². The van der Waals surface area contributed by atoms with Gasteiger partial charge in [-0.1, -0.05) is 46.3 Å². The predicted molar refractivity (Wildman–Crippen MR) is 116 cm³/mol. The Hall–Kier alpha value is -2.79. The van der Waals surface area contributed by atoms with Gasteiger partial charge in [0.2, 0.25) is 0 Å². The molecule has 0 unspecified atom stereocenters. The topological polar surface area (TPSA) is 41.6 Å². The number of aryl methyl sites for hydroxylation is 1. The lowest BCUT2D eigenvalue weighted by atomic mass is 10.0. The minimum atomic E-state index is -0.370. The van der Waals surface area contributed by atoms with Gasteiger partial charge >= 0.3 is 0 Å². The third-order valence-corrected chi connectivity index (χ3v) is 5.27. The predicted octanol–water partition coefficient (Wildman–Crippen LogP) is 5.93. The number of nitrogens with zero attached hydrogens (tertiary/aromatic N) is 1. The molecule has 0 saturated carbocycles. The van der Waals surface area contributed by atoms with Crippen LogP contribution in [-0.2, 0) is 0 Å². The van der Waals surface area contributed by atoms with E-state index in [1.165, 1.54) is 0 Å². The summed E-state index contributed by atoms with van der Waals surface area (Å²) >= 11 is 3.48. The molecular weight excluding hydrogens is 416 g/mol. The van der Waals surface area contributed by atoms with Crippen LogP contribution in [0.15, 0.2) is 71.2 Å². The van der Waals surface area contributed by atoms with Crippen molar-refractivity contribution in [2.75, 3.05) is 16.8 Å². The van der Waals surface area contributed by atoms with Gasteiger partial charge in [0.15, 0.2) is 0 Å². The number of fused-ring (bicyclic) bond motifs is 1. The van der Waals surface area contributed by atoms with E-state index in [-0.39, 0.29) is 12.1 Å². The number of nitrogens with one attached hydrogen (secondary N) is 1. The number of hydrogen-bond donors (Lipinski definition) is 1. The van der Waals surface area contributed by atoms with Crippen molar-refractivity contribution in [3.8, 4) is 5.75 Å². The van der Waals surface area contributed by atoms with E-state index in [0.717, 1.165) is 32.7 Å².